The van der Waals surface area contributed by atoms with E-state index in [2.05, 4.69) is 31.0 Å². The lowest BCUT2D eigenvalue weighted by atomic mass is 10.1. The van der Waals surface area contributed by atoms with Gasteiger partial charge in [0.05, 0.1) is 18.0 Å². The van der Waals surface area contributed by atoms with Gasteiger partial charge in [0, 0.05) is 6.20 Å². The predicted molar refractivity (Wildman–Crippen MR) is 104 cm³/mol. The zero-order chi connectivity index (χ0) is 19.5. The second-order valence-electron chi connectivity index (χ2n) is 6.27. The number of carbonyl (C=O) groups excluding carboxylic acids is 1. The van der Waals surface area contributed by atoms with E-state index >= 15 is 0 Å². The normalized spacial score (nSPS) is 11.1. The highest BCUT2D eigenvalue weighted by atomic mass is 32.2. The fourth-order valence-corrected chi connectivity index (χ4v) is 3.45. The number of rotatable bonds is 6. The van der Waals surface area contributed by atoms with Crippen molar-refractivity contribution >= 4 is 23.3 Å². The number of hydrogen-bond acceptors (Lipinski definition) is 7. The van der Waals surface area contributed by atoms with Crippen molar-refractivity contribution in [2.45, 2.75) is 25.5 Å². The summed E-state index contributed by atoms with van der Waals surface area (Å²) in [4.78, 5) is 12.3. The monoisotopic (exact) mass is 394 g/mol. The van der Waals surface area contributed by atoms with E-state index in [-0.39, 0.29) is 11.7 Å². The first-order valence-corrected chi connectivity index (χ1v) is 9.64. The van der Waals surface area contributed by atoms with Crippen molar-refractivity contribution in [2.75, 3.05) is 5.75 Å². The van der Waals surface area contributed by atoms with E-state index in [1.54, 1.807) is 4.68 Å². The Morgan fingerprint density at radius 3 is 2.93 bits per heavy atom. The summed E-state index contributed by atoms with van der Waals surface area (Å²) >= 11 is 1.28. The molecule has 0 atom stereocenters. The number of aromatic nitrogens is 7. The number of hydrogen-bond donors (Lipinski definition) is 1. The van der Waals surface area contributed by atoms with Crippen LogP contribution in [0.1, 0.15) is 17.0 Å². The fraction of sp³-hybridized carbons (Fsp3) is 0.222. The number of nitrogens with zero attached hydrogens (tertiary/aromatic N) is 7. The van der Waals surface area contributed by atoms with Crippen molar-refractivity contribution in [1.29, 1.82) is 0 Å². The van der Waals surface area contributed by atoms with Gasteiger partial charge in [-0.25, -0.2) is 0 Å². The van der Waals surface area contributed by atoms with Crippen LogP contribution >= 0.6 is 11.8 Å². The van der Waals surface area contributed by atoms with E-state index in [0.717, 1.165) is 22.5 Å². The van der Waals surface area contributed by atoms with Gasteiger partial charge in [-0.2, -0.15) is 4.68 Å². The number of tetrazole rings is 1. The van der Waals surface area contributed by atoms with Gasteiger partial charge in [-0.1, -0.05) is 30.0 Å². The molecule has 28 heavy (non-hydrogen) atoms. The Morgan fingerprint density at radius 2 is 2.04 bits per heavy atom. The number of pyridine rings is 1. The van der Waals surface area contributed by atoms with E-state index < -0.39 is 0 Å². The lowest BCUT2D eigenvalue weighted by Gasteiger charge is -2.08. The van der Waals surface area contributed by atoms with Gasteiger partial charge in [0.2, 0.25) is 11.1 Å². The summed E-state index contributed by atoms with van der Waals surface area (Å²) < 4.78 is 3.50. The largest absolute Gasteiger partial charge is 0.348 e. The highest BCUT2D eigenvalue weighted by Gasteiger charge is 2.14. The van der Waals surface area contributed by atoms with Crippen LogP contribution in [0.15, 0.2) is 47.8 Å². The summed E-state index contributed by atoms with van der Waals surface area (Å²) in [6.45, 7) is 4.31. The Morgan fingerprint density at radius 1 is 1.14 bits per heavy atom. The second-order valence-corrected chi connectivity index (χ2v) is 7.22. The summed E-state index contributed by atoms with van der Waals surface area (Å²) in [6.07, 6.45) is 1.86. The van der Waals surface area contributed by atoms with Crippen LogP contribution in [0.5, 0.6) is 0 Å². The number of nitrogens with one attached hydrogen (secondary N) is 1. The second kappa shape index (κ2) is 7.77. The molecule has 0 aliphatic carbocycles. The van der Waals surface area contributed by atoms with Crippen LogP contribution < -0.4 is 5.32 Å². The van der Waals surface area contributed by atoms with Gasteiger partial charge < -0.3 is 5.32 Å². The van der Waals surface area contributed by atoms with Gasteiger partial charge in [-0.3, -0.25) is 9.20 Å². The Balaban J connectivity index is 1.39. The summed E-state index contributed by atoms with van der Waals surface area (Å²) in [7, 11) is 0. The van der Waals surface area contributed by atoms with E-state index in [1.807, 2.05) is 60.8 Å². The molecule has 1 aromatic carbocycles. The molecule has 0 radical (unpaired) electrons. The summed E-state index contributed by atoms with van der Waals surface area (Å²) in [5, 5.41) is 23.5. The van der Waals surface area contributed by atoms with Crippen LogP contribution in [-0.4, -0.2) is 46.5 Å². The molecule has 10 heteroatoms. The molecule has 142 valence electrons. The predicted octanol–water partition coefficient (Wildman–Crippen LogP) is 1.73. The first kappa shape index (κ1) is 18.1. The molecule has 3 aromatic heterocycles. The zero-order valence-electron chi connectivity index (χ0n) is 15.4. The van der Waals surface area contributed by atoms with Crippen LogP contribution in [0, 0.1) is 13.8 Å². The standard InChI is InChI=1S/C18H18N8OS/c1-12-6-7-13(2)14(9-12)26-18(22-23-24-26)28-11-17(27)19-10-16-21-20-15-5-3-4-8-25(15)16/h3-9H,10-11H2,1-2H3,(H,19,27). The smallest absolute Gasteiger partial charge is 0.230 e. The molecule has 0 spiro atoms. The molecule has 4 rings (SSSR count). The minimum absolute atomic E-state index is 0.131. The third-order valence-corrected chi connectivity index (χ3v) is 5.11. The van der Waals surface area contributed by atoms with Crippen molar-refractivity contribution < 1.29 is 4.79 Å². The van der Waals surface area contributed by atoms with Gasteiger partial charge in [0.1, 0.15) is 0 Å². The maximum atomic E-state index is 12.3. The maximum Gasteiger partial charge on any atom is 0.230 e. The Kier molecular flexibility index (Phi) is 5.02. The maximum absolute atomic E-state index is 12.3. The minimum Gasteiger partial charge on any atom is -0.348 e. The first-order chi connectivity index (χ1) is 13.6. The molecular formula is C18H18N8OS. The number of fused-ring (bicyclic) bond motifs is 1. The van der Waals surface area contributed by atoms with Gasteiger partial charge in [-0.15, -0.1) is 15.3 Å². The van der Waals surface area contributed by atoms with Crippen molar-refractivity contribution in [3.8, 4) is 5.69 Å². The average Bonchev–Trinajstić information content (AvgIpc) is 3.33. The number of benzene rings is 1. The molecule has 9 nitrogen and oxygen atoms in total. The highest BCUT2D eigenvalue weighted by molar-refractivity contribution is 7.99. The Labute approximate surface area is 165 Å². The zero-order valence-corrected chi connectivity index (χ0v) is 16.2. The number of amides is 1. The van der Waals surface area contributed by atoms with E-state index in [4.69, 9.17) is 0 Å². The molecule has 0 unspecified atom stereocenters. The molecule has 3 heterocycles. The quantitative estimate of drug-likeness (QED) is 0.497. The van der Waals surface area contributed by atoms with Gasteiger partial charge >= 0.3 is 0 Å². The minimum atomic E-state index is -0.131. The molecular weight excluding hydrogens is 376 g/mol. The Bertz CT molecular complexity index is 1140. The van der Waals surface area contributed by atoms with Crippen molar-refractivity contribution in [3.05, 3.63) is 59.5 Å². The molecule has 0 aliphatic heterocycles. The summed E-state index contributed by atoms with van der Waals surface area (Å²) in [6, 6.07) is 11.7. The number of carbonyl (C=O) groups is 1. The number of aryl methyl sites for hydroxylation is 2. The third-order valence-electron chi connectivity index (χ3n) is 4.19. The molecule has 0 bridgehead atoms. The molecule has 0 saturated heterocycles. The SMILES string of the molecule is Cc1ccc(C)c(-n2nnnc2SCC(=O)NCc2nnc3ccccn23)c1. The Hall–Kier alpha value is -3.27. The summed E-state index contributed by atoms with van der Waals surface area (Å²) in [5.74, 6) is 0.740. The molecule has 0 aliphatic rings. The van der Waals surface area contributed by atoms with E-state index in [1.165, 1.54) is 11.8 Å². The van der Waals surface area contributed by atoms with Crippen molar-refractivity contribution in [1.82, 2.24) is 40.1 Å². The molecule has 1 N–H and O–H groups in total. The summed E-state index contributed by atoms with van der Waals surface area (Å²) in [5.41, 5.74) is 3.82. The van der Waals surface area contributed by atoms with Gasteiger partial charge in [-0.05, 0) is 53.6 Å². The fourth-order valence-electron chi connectivity index (χ4n) is 2.74. The van der Waals surface area contributed by atoms with Crippen molar-refractivity contribution in [2.24, 2.45) is 0 Å². The van der Waals surface area contributed by atoms with Gasteiger partial charge in [0.25, 0.3) is 0 Å². The molecule has 4 aromatic rings. The van der Waals surface area contributed by atoms with Crippen LogP contribution in [-0.2, 0) is 11.3 Å². The lowest BCUT2D eigenvalue weighted by molar-refractivity contribution is -0.118. The number of thioether (sulfide) groups is 1. The van der Waals surface area contributed by atoms with E-state index in [9.17, 15) is 4.79 Å². The molecule has 1 amide bonds. The van der Waals surface area contributed by atoms with Crippen LogP contribution in [0.4, 0.5) is 0 Å². The van der Waals surface area contributed by atoms with Crippen LogP contribution in [0.25, 0.3) is 11.3 Å². The van der Waals surface area contributed by atoms with Crippen molar-refractivity contribution in [3.63, 3.8) is 0 Å². The third kappa shape index (κ3) is 3.72. The highest BCUT2D eigenvalue weighted by Crippen LogP contribution is 2.21. The van der Waals surface area contributed by atoms with Crippen LogP contribution in [0.3, 0.4) is 0 Å². The first-order valence-electron chi connectivity index (χ1n) is 8.66. The van der Waals surface area contributed by atoms with Gasteiger partial charge in [0.15, 0.2) is 11.5 Å². The lowest BCUT2D eigenvalue weighted by Crippen LogP contribution is -2.25. The van der Waals surface area contributed by atoms with Crippen LogP contribution in [0.2, 0.25) is 0 Å². The molecule has 0 saturated carbocycles. The van der Waals surface area contributed by atoms with E-state index in [0.29, 0.717) is 17.5 Å². The average molecular weight is 394 g/mol. The topological polar surface area (TPSA) is 103 Å². The molecule has 0 fully saturated rings.